The number of amides is 3. The van der Waals surface area contributed by atoms with E-state index < -0.39 is 29.2 Å². The van der Waals surface area contributed by atoms with Crippen LogP contribution in [0.4, 0.5) is 5.69 Å². The minimum atomic E-state index is -1.54. The van der Waals surface area contributed by atoms with E-state index in [0.717, 1.165) is 9.91 Å². The molecule has 0 aliphatic carbocycles. The van der Waals surface area contributed by atoms with E-state index in [2.05, 4.69) is 5.10 Å². The van der Waals surface area contributed by atoms with Crippen molar-refractivity contribution in [1.29, 1.82) is 0 Å². The van der Waals surface area contributed by atoms with Gasteiger partial charge in [0.05, 0.1) is 25.8 Å². The lowest BCUT2D eigenvalue weighted by Gasteiger charge is -2.28. The molecule has 27 heavy (non-hydrogen) atoms. The van der Waals surface area contributed by atoms with Gasteiger partial charge in [-0.1, -0.05) is 0 Å². The van der Waals surface area contributed by atoms with E-state index in [4.69, 9.17) is 9.47 Å². The minimum Gasteiger partial charge on any atom is -0.497 e. The lowest BCUT2D eigenvalue weighted by molar-refractivity contribution is -0.141. The molecule has 0 radical (unpaired) electrons. The van der Waals surface area contributed by atoms with Crippen LogP contribution >= 0.6 is 0 Å². The van der Waals surface area contributed by atoms with Crippen LogP contribution in [0.2, 0.25) is 0 Å². The molecule has 1 saturated heterocycles. The maximum Gasteiger partial charge on any atom is 0.354 e. The number of esters is 1. The predicted molar refractivity (Wildman–Crippen MR) is 94.0 cm³/mol. The summed E-state index contributed by atoms with van der Waals surface area (Å²) < 4.78 is 10.0. The van der Waals surface area contributed by atoms with Crippen molar-refractivity contribution in [2.45, 2.75) is 32.2 Å². The van der Waals surface area contributed by atoms with E-state index >= 15 is 0 Å². The third kappa shape index (κ3) is 2.94. The maximum absolute atomic E-state index is 13.2. The second-order valence-electron chi connectivity index (χ2n) is 6.22. The van der Waals surface area contributed by atoms with E-state index in [1.807, 2.05) is 0 Å². The third-order valence-corrected chi connectivity index (χ3v) is 4.52. The molecule has 1 aromatic carbocycles. The zero-order valence-electron chi connectivity index (χ0n) is 15.2. The second kappa shape index (κ2) is 6.82. The van der Waals surface area contributed by atoms with Crippen LogP contribution in [0.25, 0.3) is 0 Å². The molecule has 1 spiro atoms. The van der Waals surface area contributed by atoms with Gasteiger partial charge < -0.3 is 9.47 Å². The van der Waals surface area contributed by atoms with E-state index in [-0.39, 0.29) is 25.2 Å². The lowest BCUT2D eigenvalue weighted by atomic mass is 9.91. The molecule has 9 heteroatoms. The van der Waals surface area contributed by atoms with Crippen molar-refractivity contribution in [3.8, 4) is 5.75 Å². The number of hydrogen-bond donors (Lipinski definition) is 0. The molecule has 142 valence electrons. The summed E-state index contributed by atoms with van der Waals surface area (Å²) in [4.78, 5) is 51.0. The SMILES string of the molecule is CCOC(=O)C1=NN(C(C)=O)[C@]2(CC(=O)N(c3ccc(OC)cc3)C2=O)C1. The summed E-state index contributed by atoms with van der Waals surface area (Å²) in [5.41, 5.74) is -1.23. The Kier molecular flexibility index (Phi) is 4.69. The Morgan fingerprint density at radius 2 is 1.85 bits per heavy atom. The average molecular weight is 373 g/mol. The van der Waals surface area contributed by atoms with Crippen molar-refractivity contribution in [2.24, 2.45) is 5.10 Å². The van der Waals surface area contributed by atoms with E-state index in [1.54, 1.807) is 31.2 Å². The topological polar surface area (TPSA) is 106 Å². The number of anilines is 1. The van der Waals surface area contributed by atoms with Gasteiger partial charge in [0.2, 0.25) is 11.8 Å². The summed E-state index contributed by atoms with van der Waals surface area (Å²) >= 11 is 0. The smallest absolute Gasteiger partial charge is 0.354 e. The zero-order valence-corrected chi connectivity index (χ0v) is 15.2. The van der Waals surface area contributed by atoms with Gasteiger partial charge in [-0.2, -0.15) is 5.10 Å². The molecule has 1 aromatic rings. The molecule has 0 bridgehead atoms. The van der Waals surface area contributed by atoms with Crippen LogP contribution < -0.4 is 9.64 Å². The number of rotatable bonds is 4. The van der Waals surface area contributed by atoms with Crippen molar-refractivity contribution in [1.82, 2.24) is 5.01 Å². The van der Waals surface area contributed by atoms with Crippen LogP contribution in [0.3, 0.4) is 0 Å². The monoisotopic (exact) mass is 373 g/mol. The van der Waals surface area contributed by atoms with Crippen LogP contribution in [-0.4, -0.2) is 53.7 Å². The van der Waals surface area contributed by atoms with Crippen LogP contribution in [-0.2, 0) is 23.9 Å². The predicted octanol–water partition coefficient (Wildman–Crippen LogP) is 0.869. The van der Waals surface area contributed by atoms with Gasteiger partial charge in [-0.15, -0.1) is 0 Å². The van der Waals surface area contributed by atoms with Gasteiger partial charge in [0, 0.05) is 13.3 Å². The van der Waals surface area contributed by atoms with Crippen molar-refractivity contribution in [2.75, 3.05) is 18.6 Å². The molecule has 0 N–H and O–H groups in total. The highest BCUT2D eigenvalue weighted by Crippen LogP contribution is 2.40. The Balaban J connectivity index is 1.96. The Morgan fingerprint density at radius 1 is 1.19 bits per heavy atom. The van der Waals surface area contributed by atoms with Crippen LogP contribution in [0.15, 0.2) is 29.4 Å². The number of carbonyl (C=O) groups excluding carboxylic acids is 4. The molecule has 1 atom stereocenters. The Hall–Kier alpha value is -3.23. The molecule has 0 unspecified atom stereocenters. The van der Waals surface area contributed by atoms with Crippen LogP contribution in [0, 0.1) is 0 Å². The first-order valence-corrected chi connectivity index (χ1v) is 8.41. The highest BCUT2D eigenvalue weighted by Gasteiger charge is 2.61. The van der Waals surface area contributed by atoms with Crippen LogP contribution in [0.5, 0.6) is 5.75 Å². The van der Waals surface area contributed by atoms with Crippen molar-refractivity contribution >= 4 is 35.1 Å². The molecule has 3 rings (SSSR count). The average Bonchev–Trinajstić information content (AvgIpc) is 3.14. The van der Waals surface area contributed by atoms with Gasteiger partial charge in [0.15, 0.2) is 5.54 Å². The highest BCUT2D eigenvalue weighted by molar-refractivity contribution is 6.39. The quantitative estimate of drug-likeness (QED) is 0.573. The first-order valence-electron chi connectivity index (χ1n) is 8.41. The fourth-order valence-corrected chi connectivity index (χ4v) is 3.33. The van der Waals surface area contributed by atoms with Crippen molar-refractivity contribution in [3.05, 3.63) is 24.3 Å². The molecule has 3 amide bonds. The maximum atomic E-state index is 13.2. The molecule has 0 aromatic heterocycles. The van der Waals surface area contributed by atoms with E-state index in [0.29, 0.717) is 11.4 Å². The minimum absolute atomic E-state index is 0.0511. The molecule has 2 heterocycles. The number of hydrazone groups is 1. The molecule has 9 nitrogen and oxygen atoms in total. The fourth-order valence-electron chi connectivity index (χ4n) is 3.33. The summed E-state index contributed by atoms with van der Waals surface area (Å²) in [5.74, 6) is -1.74. The first-order chi connectivity index (χ1) is 12.8. The summed E-state index contributed by atoms with van der Waals surface area (Å²) in [6.45, 7) is 3.00. The van der Waals surface area contributed by atoms with E-state index in [9.17, 15) is 19.2 Å². The largest absolute Gasteiger partial charge is 0.497 e. The van der Waals surface area contributed by atoms with Gasteiger partial charge in [0.1, 0.15) is 11.5 Å². The van der Waals surface area contributed by atoms with Gasteiger partial charge >= 0.3 is 5.97 Å². The fraction of sp³-hybridized carbons (Fsp3) is 0.389. The Morgan fingerprint density at radius 3 is 2.41 bits per heavy atom. The van der Waals surface area contributed by atoms with Gasteiger partial charge in [-0.3, -0.25) is 14.4 Å². The lowest BCUT2D eigenvalue weighted by Crippen LogP contribution is -2.51. The summed E-state index contributed by atoms with van der Waals surface area (Å²) in [5, 5.41) is 4.92. The Labute approximate surface area is 155 Å². The third-order valence-electron chi connectivity index (χ3n) is 4.52. The number of ether oxygens (including phenoxy) is 2. The van der Waals surface area contributed by atoms with Crippen LogP contribution in [0.1, 0.15) is 26.7 Å². The van der Waals surface area contributed by atoms with Crippen molar-refractivity contribution < 1.29 is 28.7 Å². The molecule has 0 saturated carbocycles. The number of nitrogens with zero attached hydrogens (tertiary/aromatic N) is 3. The summed E-state index contributed by atoms with van der Waals surface area (Å²) in [7, 11) is 1.51. The standard InChI is InChI=1S/C18H19N3O6/c1-4-27-16(24)14-9-18(21(19-14)11(2)22)10-15(23)20(17(18)25)12-5-7-13(26-3)8-6-12/h5-8H,4,9-10H2,1-3H3/t18-/m0/s1. The zero-order chi connectivity index (χ0) is 19.8. The molecular formula is C18H19N3O6. The molecule has 1 fully saturated rings. The summed E-state index contributed by atoms with van der Waals surface area (Å²) in [6.07, 6.45) is -0.424. The van der Waals surface area contributed by atoms with E-state index in [1.165, 1.54) is 14.0 Å². The number of carbonyl (C=O) groups is 4. The molecule has 2 aliphatic heterocycles. The normalized spacial score (nSPS) is 21.7. The Bertz CT molecular complexity index is 847. The molecular weight excluding hydrogens is 354 g/mol. The molecule has 2 aliphatic rings. The number of methoxy groups -OCH3 is 1. The van der Waals surface area contributed by atoms with Gasteiger partial charge in [0.25, 0.3) is 5.91 Å². The highest BCUT2D eigenvalue weighted by atomic mass is 16.5. The van der Waals surface area contributed by atoms with Gasteiger partial charge in [-0.05, 0) is 31.2 Å². The second-order valence-corrected chi connectivity index (χ2v) is 6.22. The van der Waals surface area contributed by atoms with Gasteiger partial charge in [-0.25, -0.2) is 14.7 Å². The summed E-state index contributed by atoms with van der Waals surface area (Å²) in [6, 6.07) is 6.40. The first kappa shape index (κ1) is 18.6. The number of benzene rings is 1. The number of imide groups is 1. The number of hydrogen-bond acceptors (Lipinski definition) is 7. The van der Waals surface area contributed by atoms with Crippen molar-refractivity contribution in [3.63, 3.8) is 0 Å².